The lowest BCUT2D eigenvalue weighted by Crippen LogP contribution is -2.48. The Bertz CT molecular complexity index is 1030. The number of methoxy groups -OCH3 is 1. The highest BCUT2D eigenvalue weighted by molar-refractivity contribution is 5.94. The minimum Gasteiger partial charge on any atom is -0.496 e. The average molecular weight is 458 g/mol. The maximum Gasteiger partial charge on any atom is 0.251 e. The van der Waals surface area contributed by atoms with E-state index in [0.717, 1.165) is 44.6 Å². The summed E-state index contributed by atoms with van der Waals surface area (Å²) in [4.78, 5) is 14.9. The molecule has 34 heavy (non-hydrogen) atoms. The van der Waals surface area contributed by atoms with Crippen molar-refractivity contribution < 1.29 is 9.53 Å². The Hall–Kier alpha value is -3.15. The van der Waals surface area contributed by atoms with E-state index < -0.39 is 0 Å². The molecule has 2 unspecified atom stereocenters. The van der Waals surface area contributed by atoms with Gasteiger partial charge in [-0.2, -0.15) is 0 Å². The molecule has 178 valence electrons. The summed E-state index contributed by atoms with van der Waals surface area (Å²) in [5.74, 6) is 0.920. The maximum atomic E-state index is 12.4. The Labute approximate surface area is 203 Å². The third-order valence-electron chi connectivity index (χ3n) is 6.57. The van der Waals surface area contributed by atoms with E-state index in [-0.39, 0.29) is 5.91 Å². The number of carbonyl (C=O) groups is 1. The van der Waals surface area contributed by atoms with Crippen LogP contribution in [0.5, 0.6) is 5.75 Å². The summed E-state index contributed by atoms with van der Waals surface area (Å²) in [5.41, 5.74) is 3.23. The number of hydrogen-bond donors (Lipinski definition) is 2. The van der Waals surface area contributed by atoms with Gasteiger partial charge in [-0.3, -0.25) is 9.69 Å². The Balaban J connectivity index is 1.39. The molecule has 1 fully saturated rings. The molecule has 5 nitrogen and oxygen atoms in total. The number of piperidine rings is 1. The molecule has 1 heterocycles. The first-order valence-electron chi connectivity index (χ1n) is 12.2. The number of nitrogens with one attached hydrogen (secondary N) is 2. The van der Waals surface area contributed by atoms with Crippen LogP contribution in [0, 0.1) is 0 Å². The molecular formula is C29H35N3O2. The molecule has 0 aliphatic carbocycles. The Kier molecular flexibility index (Phi) is 8.71. The number of amides is 1. The number of ether oxygens (including phenoxy) is 1. The van der Waals surface area contributed by atoms with Crippen molar-refractivity contribution in [2.45, 2.75) is 37.9 Å². The monoisotopic (exact) mass is 457 g/mol. The third kappa shape index (κ3) is 6.25. The summed E-state index contributed by atoms with van der Waals surface area (Å²) in [7, 11) is 1.73. The Morgan fingerprint density at radius 3 is 2.44 bits per heavy atom. The second-order valence-corrected chi connectivity index (χ2v) is 8.81. The van der Waals surface area contributed by atoms with Crippen LogP contribution in [0.25, 0.3) is 0 Å². The summed E-state index contributed by atoms with van der Waals surface area (Å²) >= 11 is 0. The molecule has 1 saturated heterocycles. The van der Waals surface area contributed by atoms with Gasteiger partial charge in [0.05, 0.1) is 13.2 Å². The molecule has 0 saturated carbocycles. The van der Waals surface area contributed by atoms with Crippen molar-refractivity contribution in [2.75, 3.05) is 26.7 Å². The van der Waals surface area contributed by atoms with Gasteiger partial charge in [-0.15, -0.1) is 0 Å². The van der Waals surface area contributed by atoms with Crippen LogP contribution in [-0.2, 0) is 6.54 Å². The van der Waals surface area contributed by atoms with Crippen molar-refractivity contribution in [2.24, 2.45) is 0 Å². The first kappa shape index (κ1) is 24.0. The highest BCUT2D eigenvalue weighted by Gasteiger charge is 2.32. The van der Waals surface area contributed by atoms with Crippen molar-refractivity contribution in [3.05, 3.63) is 102 Å². The van der Waals surface area contributed by atoms with Crippen LogP contribution in [0.15, 0.2) is 84.9 Å². The van der Waals surface area contributed by atoms with Gasteiger partial charge in [0.25, 0.3) is 5.91 Å². The maximum absolute atomic E-state index is 12.4. The lowest BCUT2D eigenvalue weighted by molar-refractivity contribution is 0.0936. The van der Waals surface area contributed by atoms with Crippen LogP contribution >= 0.6 is 0 Å². The fourth-order valence-corrected chi connectivity index (χ4v) is 4.89. The van der Waals surface area contributed by atoms with E-state index in [1.54, 1.807) is 7.11 Å². The van der Waals surface area contributed by atoms with Gasteiger partial charge >= 0.3 is 0 Å². The molecule has 2 atom stereocenters. The van der Waals surface area contributed by atoms with Crippen LogP contribution < -0.4 is 15.4 Å². The van der Waals surface area contributed by atoms with Crippen LogP contribution in [0.1, 0.15) is 46.8 Å². The van der Waals surface area contributed by atoms with Gasteiger partial charge in [0.2, 0.25) is 0 Å². The smallest absolute Gasteiger partial charge is 0.251 e. The first-order chi connectivity index (χ1) is 16.8. The number of nitrogens with zero attached hydrogens (tertiary/aromatic N) is 1. The van der Waals surface area contributed by atoms with Crippen molar-refractivity contribution in [1.29, 1.82) is 0 Å². The van der Waals surface area contributed by atoms with E-state index in [2.05, 4.69) is 58.0 Å². The Morgan fingerprint density at radius 2 is 1.68 bits per heavy atom. The molecule has 1 aliphatic heterocycles. The van der Waals surface area contributed by atoms with E-state index in [0.29, 0.717) is 24.2 Å². The third-order valence-corrected chi connectivity index (χ3v) is 6.57. The second-order valence-electron chi connectivity index (χ2n) is 8.81. The molecule has 1 aliphatic rings. The lowest BCUT2D eigenvalue weighted by atomic mass is 9.90. The van der Waals surface area contributed by atoms with E-state index in [1.165, 1.54) is 11.1 Å². The van der Waals surface area contributed by atoms with Crippen LogP contribution in [0.2, 0.25) is 0 Å². The van der Waals surface area contributed by atoms with Crippen molar-refractivity contribution >= 4 is 5.91 Å². The zero-order valence-electron chi connectivity index (χ0n) is 20.0. The lowest BCUT2D eigenvalue weighted by Gasteiger charge is -2.42. The van der Waals surface area contributed by atoms with Gasteiger partial charge in [0.15, 0.2) is 0 Å². The zero-order chi connectivity index (χ0) is 23.6. The summed E-state index contributed by atoms with van der Waals surface area (Å²) < 4.78 is 5.55. The van der Waals surface area contributed by atoms with Gasteiger partial charge in [0, 0.05) is 36.8 Å². The standard InChI is InChI=1S/C29H35N3O2/c1-34-27-18-9-8-16-25(27)22-31-26-17-10-20-32(28(26)23-12-4-2-5-13-23)21-11-19-30-29(33)24-14-6-3-7-15-24/h2-9,12-16,18,26,28,31H,10-11,17,19-22H2,1H3,(H,30,33). The van der Waals surface area contributed by atoms with Crippen molar-refractivity contribution in [3.63, 3.8) is 0 Å². The van der Waals surface area contributed by atoms with Gasteiger partial charge in [-0.05, 0) is 49.6 Å². The summed E-state index contributed by atoms with van der Waals surface area (Å²) in [6.07, 6.45) is 3.21. The largest absolute Gasteiger partial charge is 0.496 e. The molecule has 3 aromatic rings. The molecule has 4 rings (SSSR count). The number of rotatable bonds is 10. The molecule has 1 amide bonds. The predicted octanol–water partition coefficient (Wildman–Crippen LogP) is 4.81. The molecule has 0 spiro atoms. The van der Waals surface area contributed by atoms with E-state index in [4.69, 9.17) is 4.74 Å². The van der Waals surface area contributed by atoms with Gasteiger partial charge in [0.1, 0.15) is 5.75 Å². The topological polar surface area (TPSA) is 53.6 Å². The van der Waals surface area contributed by atoms with Crippen LogP contribution in [-0.4, -0.2) is 43.6 Å². The van der Waals surface area contributed by atoms with E-state index in [1.807, 2.05) is 42.5 Å². The molecular weight excluding hydrogens is 422 g/mol. The second kappa shape index (κ2) is 12.4. The van der Waals surface area contributed by atoms with Crippen LogP contribution in [0.3, 0.4) is 0 Å². The SMILES string of the molecule is COc1ccccc1CNC1CCCN(CCCNC(=O)c2ccccc2)C1c1ccccc1. The van der Waals surface area contributed by atoms with E-state index >= 15 is 0 Å². The summed E-state index contributed by atoms with van der Waals surface area (Å²) in [6.45, 7) is 3.46. The minimum atomic E-state index is -0.00444. The first-order valence-corrected chi connectivity index (χ1v) is 12.2. The molecule has 2 N–H and O–H groups in total. The van der Waals surface area contributed by atoms with Gasteiger partial charge in [-0.25, -0.2) is 0 Å². The zero-order valence-corrected chi connectivity index (χ0v) is 20.0. The van der Waals surface area contributed by atoms with Gasteiger partial charge in [-0.1, -0.05) is 66.7 Å². The predicted molar refractivity (Wildman–Crippen MR) is 137 cm³/mol. The normalized spacial score (nSPS) is 18.4. The number of carbonyl (C=O) groups excluding carboxylic acids is 1. The fourth-order valence-electron chi connectivity index (χ4n) is 4.89. The average Bonchev–Trinajstić information content (AvgIpc) is 2.91. The highest BCUT2D eigenvalue weighted by Crippen LogP contribution is 2.32. The number of benzene rings is 3. The van der Waals surface area contributed by atoms with E-state index in [9.17, 15) is 4.79 Å². The highest BCUT2D eigenvalue weighted by atomic mass is 16.5. The minimum absolute atomic E-state index is 0.00444. The quantitative estimate of drug-likeness (QED) is 0.429. The summed E-state index contributed by atoms with van der Waals surface area (Å²) in [5, 5.41) is 6.90. The summed E-state index contributed by atoms with van der Waals surface area (Å²) in [6, 6.07) is 29.1. The molecule has 5 heteroatoms. The van der Waals surface area contributed by atoms with Crippen molar-refractivity contribution in [1.82, 2.24) is 15.5 Å². The number of para-hydroxylation sites is 1. The van der Waals surface area contributed by atoms with Crippen molar-refractivity contribution in [3.8, 4) is 5.75 Å². The molecule has 0 radical (unpaired) electrons. The fraction of sp³-hybridized carbons (Fsp3) is 0.345. The van der Waals surface area contributed by atoms with Crippen LogP contribution in [0.4, 0.5) is 0 Å². The Morgan fingerprint density at radius 1 is 0.971 bits per heavy atom. The number of likely N-dealkylation sites (tertiary alicyclic amines) is 1. The molecule has 0 aromatic heterocycles. The molecule has 0 bridgehead atoms. The molecule has 3 aromatic carbocycles. The van der Waals surface area contributed by atoms with Gasteiger partial charge < -0.3 is 15.4 Å². The number of hydrogen-bond acceptors (Lipinski definition) is 4.